The predicted molar refractivity (Wildman–Crippen MR) is 65.9 cm³/mol. The number of anilines is 1. The molecule has 0 saturated heterocycles. The van der Waals surface area contributed by atoms with Crippen LogP contribution in [0.2, 0.25) is 0 Å². The molecule has 2 nitrogen and oxygen atoms in total. The Labute approximate surface area is 107 Å². The summed E-state index contributed by atoms with van der Waals surface area (Å²) in [5.41, 5.74) is 5.55. The second-order valence-corrected chi connectivity index (χ2v) is 4.74. The molecule has 96 valence electrons. The van der Waals surface area contributed by atoms with E-state index in [1.165, 1.54) is 6.07 Å². The maximum Gasteiger partial charge on any atom is 0.416 e. The van der Waals surface area contributed by atoms with E-state index in [-0.39, 0.29) is 6.04 Å². The minimum atomic E-state index is -4.31. The Balaban J connectivity index is 2.70. The van der Waals surface area contributed by atoms with Crippen LogP contribution >= 0.6 is 15.9 Å². The highest BCUT2D eigenvalue weighted by Crippen LogP contribution is 2.33. The summed E-state index contributed by atoms with van der Waals surface area (Å²) in [5.74, 6) is 0. The number of nitrogens with two attached hydrogens (primary N) is 1. The largest absolute Gasteiger partial charge is 0.416 e. The first-order chi connectivity index (χ1) is 7.80. The van der Waals surface area contributed by atoms with E-state index in [2.05, 4.69) is 21.2 Å². The monoisotopic (exact) mass is 310 g/mol. The molecule has 0 spiro atoms. The number of nitrogens with one attached hydrogen (secondary N) is 1. The maximum atomic E-state index is 12.4. The molecule has 1 atom stereocenters. The van der Waals surface area contributed by atoms with Gasteiger partial charge in [-0.25, -0.2) is 0 Å². The zero-order valence-electron chi connectivity index (χ0n) is 9.31. The van der Waals surface area contributed by atoms with Gasteiger partial charge < -0.3 is 11.1 Å². The molecular weight excluding hydrogens is 297 g/mol. The first-order valence-electron chi connectivity index (χ1n) is 5.17. The molecule has 0 aliphatic rings. The summed E-state index contributed by atoms with van der Waals surface area (Å²) in [6, 6.07) is 3.59. The predicted octanol–water partition coefficient (Wildman–Crippen LogP) is 3.62. The van der Waals surface area contributed by atoms with Gasteiger partial charge in [0.25, 0.3) is 0 Å². The van der Waals surface area contributed by atoms with Crippen LogP contribution < -0.4 is 11.1 Å². The highest BCUT2D eigenvalue weighted by molar-refractivity contribution is 9.10. The Morgan fingerprint density at radius 1 is 1.41 bits per heavy atom. The van der Waals surface area contributed by atoms with Crippen molar-refractivity contribution >= 4 is 21.6 Å². The van der Waals surface area contributed by atoms with Gasteiger partial charge in [0.2, 0.25) is 0 Å². The van der Waals surface area contributed by atoms with Gasteiger partial charge in [-0.3, -0.25) is 0 Å². The van der Waals surface area contributed by atoms with E-state index in [1.807, 2.05) is 6.92 Å². The molecule has 0 amide bonds. The molecule has 3 N–H and O–H groups in total. The molecule has 0 radical (unpaired) electrons. The van der Waals surface area contributed by atoms with Crippen LogP contribution in [-0.2, 0) is 6.18 Å². The van der Waals surface area contributed by atoms with Crippen molar-refractivity contribution in [3.63, 3.8) is 0 Å². The van der Waals surface area contributed by atoms with Crippen molar-refractivity contribution in [1.29, 1.82) is 0 Å². The van der Waals surface area contributed by atoms with Crippen molar-refractivity contribution in [2.45, 2.75) is 25.6 Å². The van der Waals surface area contributed by atoms with Gasteiger partial charge in [-0.1, -0.05) is 0 Å². The summed E-state index contributed by atoms with van der Waals surface area (Å²) in [6.45, 7) is 2.51. The SMILES string of the molecule is CC(N)CCNc1ccc(C(F)(F)F)cc1Br. The van der Waals surface area contributed by atoms with E-state index in [0.717, 1.165) is 18.6 Å². The Bertz CT molecular complexity index is 377. The summed E-state index contributed by atoms with van der Waals surface area (Å²) < 4.78 is 37.6. The minimum Gasteiger partial charge on any atom is -0.384 e. The second kappa shape index (κ2) is 5.73. The van der Waals surface area contributed by atoms with Gasteiger partial charge in [0, 0.05) is 22.7 Å². The van der Waals surface area contributed by atoms with Crippen molar-refractivity contribution in [3.8, 4) is 0 Å². The lowest BCUT2D eigenvalue weighted by Gasteiger charge is -2.12. The number of hydrogen-bond donors (Lipinski definition) is 2. The van der Waals surface area contributed by atoms with Crippen molar-refractivity contribution in [2.24, 2.45) is 5.73 Å². The van der Waals surface area contributed by atoms with Crippen LogP contribution in [-0.4, -0.2) is 12.6 Å². The summed E-state index contributed by atoms with van der Waals surface area (Å²) in [6.07, 6.45) is -3.56. The van der Waals surface area contributed by atoms with Gasteiger partial charge in [0.15, 0.2) is 0 Å². The molecule has 6 heteroatoms. The maximum absolute atomic E-state index is 12.4. The number of alkyl halides is 3. The van der Waals surface area contributed by atoms with Crippen LogP contribution in [0.4, 0.5) is 18.9 Å². The van der Waals surface area contributed by atoms with Gasteiger partial charge in [0.1, 0.15) is 0 Å². The molecule has 0 aliphatic carbocycles. The number of rotatable bonds is 4. The van der Waals surface area contributed by atoms with Gasteiger partial charge in [0.05, 0.1) is 5.56 Å². The molecular formula is C11H14BrF3N2. The average molecular weight is 311 g/mol. The average Bonchev–Trinajstić information content (AvgIpc) is 2.18. The summed E-state index contributed by atoms with van der Waals surface area (Å²) in [5, 5.41) is 3.03. The van der Waals surface area contributed by atoms with E-state index in [4.69, 9.17) is 5.73 Å². The molecule has 0 saturated carbocycles. The lowest BCUT2D eigenvalue weighted by Crippen LogP contribution is -2.19. The molecule has 0 aromatic heterocycles. The molecule has 1 unspecified atom stereocenters. The molecule has 0 bridgehead atoms. The zero-order chi connectivity index (χ0) is 13.1. The molecule has 1 aromatic rings. The third-order valence-corrected chi connectivity index (χ3v) is 2.87. The Morgan fingerprint density at radius 2 is 2.06 bits per heavy atom. The fourth-order valence-electron chi connectivity index (χ4n) is 1.27. The lowest BCUT2D eigenvalue weighted by molar-refractivity contribution is -0.137. The topological polar surface area (TPSA) is 38.0 Å². The summed E-state index contributed by atoms with van der Waals surface area (Å²) >= 11 is 3.11. The van der Waals surface area contributed by atoms with E-state index in [9.17, 15) is 13.2 Å². The smallest absolute Gasteiger partial charge is 0.384 e. The van der Waals surface area contributed by atoms with Crippen molar-refractivity contribution in [1.82, 2.24) is 0 Å². The summed E-state index contributed by atoms with van der Waals surface area (Å²) in [4.78, 5) is 0. The molecule has 0 aliphatic heterocycles. The van der Waals surface area contributed by atoms with Gasteiger partial charge >= 0.3 is 6.18 Å². The molecule has 17 heavy (non-hydrogen) atoms. The van der Waals surface area contributed by atoms with E-state index < -0.39 is 11.7 Å². The molecule has 1 aromatic carbocycles. The number of benzene rings is 1. The normalized spacial score (nSPS) is 13.5. The van der Waals surface area contributed by atoms with E-state index in [0.29, 0.717) is 16.7 Å². The van der Waals surface area contributed by atoms with Crippen LogP contribution in [0.3, 0.4) is 0 Å². The number of hydrogen-bond acceptors (Lipinski definition) is 2. The van der Waals surface area contributed by atoms with Crippen LogP contribution in [0.5, 0.6) is 0 Å². The summed E-state index contributed by atoms with van der Waals surface area (Å²) in [7, 11) is 0. The first-order valence-corrected chi connectivity index (χ1v) is 5.96. The van der Waals surface area contributed by atoms with E-state index >= 15 is 0 Å². The lowest BCUT2D eigenvalue weighted by atomic mass is 10.2. The van der Waals surface area contributed by atoms with Crippen molar-refractivity contribution in [2.75, 3.05) is 11.9 Å². The fraction of sp³-hybridized carbons (Fsp3) is 0.455. The third kappa shape index (κ3) is 4.55. The Morgan fingerprint density at radius 3 is 2.53 bits per heavy atom. The van der Waals surface area contributed by atoms with Crippen LogP contribution in [0.25, 0.3) is 0 Å². The van der Waals surface area contributed by atoms with Gasteiger partial charge in [-0.05, 0) is 47.5 Å². The Hall–Kier alpha value is -0.750. The van der Waals surface area contributed by atoms with Gasteiger partial charge in [-0.15, -0.1) is 0 Å². The van der Waals surface area contributed by atoms with Crippen molar-refractivity contribution in [3.05, 3.63) is 28.2 Å². The standard InChI is InChI=1S/C11H14BrF3N2/c1-7(16)4-5-17-10-3-2-8(6-9(10)12)11(13,14)15/h2-3,6-7,17H,4-5,16H2,1H3. The van der Waals surface area contributed by atoms with Gasteiger partial charge in [-0.2, -0.15) is 13.2 Å². The zero-order valence-corrected chi connectivity index (χ0v) is 10.9. The van der Waals surface area contributed by atoms with Crippen LogP contribution in [0.1, 0.15) is 18.9 Å². The van der Waals surface area contributed by atoms with Crippen LogP contribution in [0.15, 0.2) is 22.7 Å². The molecule has 0 fully saturated rings. The minimum absolute atomic E-state index is 0.0655. The molecule has 0 heterocycles. The van der Waals surface area contributed by atoms with Crippen LogP contribution in [0, 0.1) is 0 Å². The number of halogens is 4. The highest BCUT2D eigenvalue weighted by atomic mass is 79.9. The highest BCUT2D eigenvalue weighted by Gasteiger charge is 2.30. The van der Waals surface area contributed by atoms with E-state index in [1.54, 1.807) is 0 Å². The quantitative estimate of drug-likeness (QED) is 0.891. The first kappa shape index (κ1) is 14.3. The molecule has 1 rings (SSSR count). The third-order valence-electron chi connectivity index (χ3n) is 2.21. The van der Waals surface area contributed by atoms with Crippen molar-refractivity contribution < 1.29 is 13.2 Å². The fourth-order valence-corrected chi connectivity index (χ4v) is 1.79. The second-order valence-electron chi connectivity index (χ2n) is 3.89. The Kier molecular flexibility index (Phi) is 4.82.